The Labute approximate surface area is 228 Å². The van der Waals surface area contributed by atoms with E-state index in [2.05, 4.69) is 10.6 Å². The van der Waals surface area contributed by atoms with Gasteiger partial charge >= 0.3 is 0 Å². The molecule has 1 saturated carbocycles. The van der Waals surface area contributed by atoms with Crippen molar-refractivity contribution in [3.63, 3.8) is 0 Å². The Morgan fingerprint density at radius 2 is 1.67 bits per heavy atom. The minimum absolute atomic E-state index is 0.159. The van der Waals surface area contributed by atoms with E-state index in [1.54, 1.807) is 36.4 Å². The summed E-state index contributed by atoms with van der Waals surface area (Å²) in [6.07, 6.45) is 3.16. The van der Waals surface area contributed by atoms with Crippen molar-refractivity contribution in [2.45, 2.75) is 44.3 Å². The highest BCUT2D eigenvalue weighted by atomic mass is 32.1. The van der Waals surface area contributed by atoms with Gasteiger partial charge in [-0.05, 0) is 18.9 Å². The van der Waals surface area contributed by atoms with Gasteiger partial charge in [-0.15, -0.1) is 11.3 Å². The third kappa shape index (κ3) is 5.17. The van der Waals surface area contributed by atoms with E-state index in [0.29, 0.717) is 28.6 Å². The molecule has 2 unspecified atom stereocenters. The Hall–Kier alpha value is -4.02. The van der Waals surface area contributed by atoms with Crippen LogP contribution in [0.5, 0.6) is 5.75 Å². The Morgan fingerprint density at radius 3 is 2.36 bits per heavy atom. The van der Waals surface area contributed by atoms with Crippen LogP contribution in [0.3, 0.4) is 0 Å². The lowest BCUT2D eigenvalue weighted by Crippen LogP contribution is -2.53. The number of carbonyl (C=O) groups is 3. The number of carbonyl (C=O) groups excluding carboxylic acids is 3. The van der Waals surface area contributed by atoms with Gasteiger partial charge < -0.3 is 20.5 Å². The van der Waals surface area contributed by atoms with E-state index in [-0.39, 0.29) is 40.4 Å². The van der Waals surface area contributed by atoms with Gasteiger partial charge in [-0.1, -0.05) is 61.4 Å². The van der Waals surface area contributed by atoms with Crippen molar-refractivity contribution in [3.8, 4) is 5.75 Å². The lowest BCUT2D eigenvalue weighted by atomic mass is 9.90. The van der Waals surface area contributed by atoms with Crippen molar-refractivity contribution in [1.29, 1.82) is 0 Å². The van der Waals surface area contributed by atoms with Crippen LogP contribution in [0.2, 0.25) is 0 Å². The minimum atomic E-state index is -0.618. The van der Waals surface area contributed by atoms with Crippen LogP contribution in [0.25, 0.3) is 21.0 Å². The molecule has 2 aromatic carbocycles. The Kier molecular flexibility index (Phi) is 7.76. The first-order chi connectivity index (χ1) is 18.9. The molecule has 0 spiro atoms. The molecule has 5 rings (SSSR count). The molecule has 2 heterocycles. The third-order valence-electron chi connectivity index (χ3n) is 7.14. The Balaban J connectivity index is 1.56. The highest BCUT2D eigenvalue weighted by molar-refractivity contribution is 7.22. The summed E-state index contributed by atoms with van der Waals surface area (Å²) >= 11 is 1.17. The average Bonchev–Trinajstić information content (AvgIpc) is 3.37. The number of ether oxygens (including phenoxy) is 1. The number of pyridine rings is 1. The second kappa shape index (κ2) is 11.4. The molecule has 2 amide bonds. The first-order valence-corrected chi connectivity index (χ1v) is 13.7. The standard InChI is InChI=1S/C29H29N3O6S/c1-38-25-24-26(39-27(25)28(36)31-20-13-7-6-12-19(20)30-23(35)16-33)18-11-5-8-14-21(18)32(29(24)37)15-22(34)17-9-3-2-4-10-17/h2-5,8-11,14,19-20,33H,6-7,12-13,15-16H2,1H3,(H,30,35)(H,31,36). The summed E-state index contributed by atoms with van der Waals surface area (Å²) in [6.45, 7) is -0.776. The molecule has 1 aliphatic rings. The smallest absolute Gasteiger partial charge is 0.265 e. The SMILES string of the molecule is COc1c(C(=O)NC2CCCCC2NC(=O)CO)sc2c1c(=O)n(CC(=O)c1ccccc1)c1ccccc21. The number of rotatable bonds is 8. The number of benzene rings is 2. The molecule has 1 aliphatic carbocycles. The van der Waals surface area contributed by atoms with E-state index < -0.39 is 24.0 Å². The number of methoxy groups -OCH3 is 1. The molecule has 2 aromatic heterocycles. The molecule has 0 radical (unpaired) electrons. The first-order valence-electron chi connectivity index (χ1n) is 12.8. The van der Waals surface area contributed by atoms with Crippen molar-refractivity contribution in [2.75, 3.05) is 13.7 Å². The number of Topliss-reactive ketones (excluding diaryl/α,β-unsaturated/α-hetero) is 1. The van der Waals surface area contributed by atoms with Crippen LogP contribution < -0.4 is 20.9 Å². The van der Waals surface area contributed by atoms with Crippen LogP contribution in [0.15, 0.2) is 59.4 Å². The molecule has 39 heavy (non-hydrogen) atoms. The zero-order valence-corrected chi connectivity index (χ0v) is 22.3. The maximum atomic E-state index is 13.9. The predicted octanol–water partition coefficient (Wildman–Crippen LogP) is 3.26. The molecule has 2 atom stereocenters. The highest BCUT2D eigenvalue weighted by Crippen LogP contribution is 2.39. The van der Waals surface area contributed by atoms with E-state index in [1.807, 2.05) is 18.2 Å². The van der Waals surface area contributed by atoms with Crippen molar-refractivity contribution < 1.29 is 24.2 Å². The molecule has 0 bridgehead atoms. The molecule has 0 saturated heterocycles. The average molecular weight is 548 g/mol. The normalized spacial score (nSPS) is 17.2. The summed E-state index contributed by atoms with van der Waals surface area (Å²) in [5.41, 5.74) is 0.682. The van der Waals surface area contributed by atoms with E-state index >= 15 is 0 Å². The second-order valence-electron chi connectivity index (χ2n) is 9.56. The minimum Gasteiger partial charge on any atom is -0.494 e. The zero-order chi connectivity index (χ0) is 27.5. The van der Waals surface area contributed by atoms with Gasteiger partial charge in [0, 0.05) is 23.0 Å². The third-order valence-corrected chi connectivity index (χ3v) is 8.35. The number of para-hydroxylation sites is 1. The summed E-state index contributed by atoms with van der Waals surface area (Å²) in [4.78, 5) is 52.5. The van der Waals surface area contributed by atoms with Gasteiger partial charge in [-0.3, -0.25) is 23.7 Å². The van der Waals surface area contributed by atoms with Crippen molar-refractivity contribution in [1.82, 2.24) is 15.2 Å². The van der Waals surface area contributed by atoms with E-state index in [4.69, 9.17) is 9.84 Å². The van der Waals surface area contributed by atoms with Gasteiger partial charge in [0.1, 0.15) is 16.9 Å². The van der Waals surface area contributed by atoms with Crippen LogP contribution in [-0.2, 0) is 11.3 Å². The molecule has 3 N–H and O–H groups in total. The molecule has 4 aromatic rings. The summed E-state index contributed by atoms with van der Waals surface area (Å²) < 4.78 is 7.68. The number of fused-ring (bicyclic) bond motifs is 3. The van der Waals surface area contributed by atoms with E-state index in [1.165, 1.54) is 23.0 Å². The lowest BCUT2D eigenvalue weighted by Gasteiger charge is -2.32. The van der Waals surface area contributed by atoms with Gasteiger partial charge in [0.2, 0.25) is 5.91 Å². The summed E-state index contributed by atoms with van der Waals surface area (Å²) in [7, 11) is 1.41. The van der Waals surface area contributed by atoms with Gasteiger partial charge in [-0.25, -0.2) is 0 Å². The van der Waals surface area contributed by atoms with Crippen molar-refractivity contribution >= 4 is 49.9 Å². The number of amides is 2. The van der Waals surface area contributed by atoms with Crippen LogP contribution in [0, 0.1) is 0 Å². The van der Waals surface area contributed by atoms with Crippen LogP contribution in [-0.4, -0.2) is 53.1 Å². The topological polar surface area (TPSA) is 127 Å². The monoisotopic (exact) mass is 547 g/mol. The molecule has 9 nitrogen and oxygen atoms in total. The highest BCUT2D eigenvalue weighted by Gasteiger charge is 2.31. The fourth-order valence-electron chi connectivity index (χ4n) is 5.27. The van der Waals surface area contributed by atoms with Crippen molar-refractivity contribution in [2.24, 2.45) is 0 Å². The zero-order valence-electron chi connectivity index (χ0n) is 21.4. The predicted molar refractivity (Wildman–Crippen MR) is 150 cm³/mol. The molecule has 1 fully saturated rings. The fraction of sp³-hybridized carbons (Fsp3) is 0.310. The number of nitrogens with one attached hydrogen (secondary N) is 2. The number of thiophene rings is 1. The number of hydrogen-bond acceptors (Lipinski definition) is 7. The maximum absolute atomic E-state index is 13.9. The van der Waals surface area contributed by atoms with Crippen LogP contribution in [0.1, 0.15) is 45.7 Å². The van der Waals surface area contributed by atoms with Gasteiger partial charge in [0.25, 0.3) is 11.5 Å². The first kappa shape index (κ1) is 26.6. The Bertz CT molecular complexity index is 1610. The van der Waals surface area contributed by atoms with E-state index in [0.717, 1.165) is 18.2 Å². The molecule has 202 valence electrons. The Morgan fingerprint density at radius 1 is 1.00 bits per heavy atom. The molecular weight excluding hydrogens is 518 g/mol. The molecular formula is C29H29N3O6S. The van der Waals surface area contributed by atoms with E-state index in [9.17, 15) is 19.2 Å². The van der Waals surface area contributed by atoms with Crippen LogP contribution in [0.4, 0.5) is 0 Å². The quantitative estimate of drug-likeness (QED) is 0.291. The lowest BCUT2D eigenvalue weighted by molar-refractivity contribution is -0.124. The number of nitrogens with zero attached hydrogens (tertiary/aromatic N) is 1. The summed E-state index contributed by atoms with van der Waals surface area (Å²) in [6, 6.07) is 15.5. The maximum Gasteiger partial charge on any atom is 0.265 e. The number of aliphatic hydroxyl groups is 1. The van der Waals surface area contributed by atoms with Crippen molar-refractivity contribution in [3.05, 3.63) is 75.4 Å². The van der Waals surface area contributed by atoms with Crippen LogP contribution >= 0.6 is 11.3 Å². The number of ketones is 1. The largest absolute Gasteiger partial charge is 0.494 e. The second-order valence-corrected chi connectivity index (χ2v) is 10.6. The van der Waals surface area contributed by atoms with Gasteiger partial charge in [0.15, 0.2) is 11.5 Å². The number of aromatic nitrogens is 1. The summed E-state index contributed by atoms with van der Waals surface area (Å²) in [5.74, 6) is -0.935. The number of hydrogen-bond donors (Lipinski definition) is 3. The summed E-state index contributed by atoms with van der Waals surface area (Å²) in [5, 5.41) is 15.9. The van der Waals surface area contributed by atoms with Gasteiger partial charge in [-0.2, -0.15) is 0 Å². The molecule has 0 aliphatic heterocycles. The molecule has 10 heteroatoms. The fourth-order valence-corrected chi connectivity index (χ4v) is 6.47. The number of aliphatic hydroxyl groups excluding tert-OH is 1. The van der Waals surface area contributed by atoms with Gasteiger partial charge in [0.05, 0.1) is 23.9 Å².